The van der Waals surface area contributed by atoms with Crippen LogP contribution >= 0.6 is 0 Å². The number of hydrogen-bond donors (Lipinski definition) is 2. The zero-order chi connectivity index (χ0) is 21.0. The third-order valence-electron chi connectivity index (χ3n) is 7.16. The zero-order valence-electron chi connectivity index (χ0n) is 17.4. The smallest absolute Gasteiger partial charge is 0.247 e. The van der Waals surface area contributed by atoms with Gasteiger partial charge in [-0.3, -0.25) is 4.79 Å². The predicted molar refractivity (Wildman–Crippen MR) is 120 cm³/mol. The van der Waals surface area contributed by atoms with E-state index < -0.39 is 12.6 Å². The van der Waals surface area contributed by atoms with Gasteiger partial charge in [0.1, 0.15) is 6.67 Å². The van der Waals surface area contributed by atoms with Crippen LogP contribution in [0.3, 0.4) is 0 Å². The lowest BCUT2D eigenvalue weighted by molar-refractivity contribution is -0.114. The fourth-order valence-corrected chi connectivity index (χ4v) is 5.82. The van der Waals surface area contributed by atoms with Crippen LogP contribution in [-0.2, 0) is 16.6 Å². The van der Waals surface area contributed by atoms with Gasteiger partial charge in [0.2, 0.25) is 5.91 Å². The number of piperidine rings is 1. The molecule has 158 valence electrons. The Hall–Kier alpha value is -2.46. The Balaban J connectivity index is 0.000000152. The van der Waals surface area contributed by atoms with Crippen molar-refractivity contribution in [2.45, 2.75) is 50.0 Å². The Kier molecular flexibility index (Phi) is 6.33. The van der Waals surface area contributed by atoms with Crippen LogP contribution < -0.4 is 11.1 Å². The van der Waals surface area contributed by atoms with Gasteiger partial charge in [0.05, 0.1) is 0 Å². The molecule has 1 saturated carbocycles. The third kappa shape index (κ3) is 4.06. The highest BCUT2D eigenvalue weighted by Gasteiger charge is 2.51. The maximum absolute atomic E-state index is 12.2. The summed E-state index contributed by atoms with van der Waals surface area (Å²) in [4.78, 5) is 10.6. The topological polar surface area (TPSA) is 55.1 Å². The van der Waals surface area contributed by atoms with E-state index >= 15 is 0 Å². The number of rotatable bonds is 3. The van der Waals surface area contributed by atoms with E-state index in [1.165, 1.54) is 51.1 Å². The Morgan fingerprint density at radius 2 is 1.87 bits per heavy atom. The molecule has 3 aliphatic rings. The van der Waals surface area contributed by atoms with E-state index in [1.54, 1.807) is 23.3 Å². The summed E-state index contributed by atoms with van der Waals surface area (Å²) in [6, 6.07) is 19.0. The molecule has 3 N–H and O–H groups in total. The van der Waals surface area contributed by atoms with Crippen LogP contribution in [0.25, 0.3) is 6.08 Å². The van der Waals surface area contributed by atoms with Crippen molar-refractivity contribution in [3.05, 3.63) is 76.9 Å². The standard InChI is InChI=1S/C16H21N.C10H10FNO/c1-2-6-13-12(5-1)11-15-14-7-3-4-8-16(13,14)9-10-17-15;11-7-9(10(12)13)6-8-4-2-1-3-5-8/h1-2,5-6,14-15,17H,3-4,7-11H2;1-6H,7H2,(H2,12,13)/t14-,15+,16-;/m0./s1. The van der Waals surface area contributed by atoms with Gasteiger partial charge in [0.25, 0.3) is 0 Å². The van der Waals surface area contributed by atoms with Gasteiger partial charge in [-0.2, -0.15) is 0 Å². The van der Waals surface area contributed by atoms with Crippen LogP contribution in [0.5, 0.6) is 0 Å². The number of fused-ring (bicyclic) bond motifs is 1. The van der Waals surface area contributed by atoms with Crippen molar-refractivity contribution in [3.8, 4) is 0 Å². The SMILES string of the molecule is NC(=O)C(=Cc1ccccc1)CF.c1ccc2c(c1)C[C@H]1NCC[C@@]23CCCC[C@@H]13. The van der Waals surface area contributed by atoms with Crippen molar-refractivity contribution in [1.82, 2.24) is 5.32 Å². The average Bonchev–Trinajstić information content (AvgIpc) is 2.78. The lowest BCUT2D eigenvalue weighted by atomic mass is 9.53. The molecule has 0 aromatic heterocycles. The molecule has 5 rings (SSSR count). The highest BCUT2D eigenvalue weighted by molar-refractivity contribution is 5.96. The van der Waals surface area contributed by atoms with Crippen LogP contribution in [-0.4, -0.2) is 25.2 Å². The van der Waals surface area contributed by atoms with Crippen molar-refractivity contribution in [2.75, 3.05) is 13.2 Å². The minimum absolute atomic E-state index is 0.00815. The number of benzene rings is 2. The molecule has 2 aliphatic carbocycles. The highest BCUT2D eigenvalue weighted by Crippen LogP contribution is 2.53. The van der Waals surface area contributed by atoms with E-state index in [0.717, 1.165) is 17.5 Å². The molecule has 2 aromatic rings. The average molecular weight is 407 g/mol. The number of carbonyl (C=O) groups is 1. The summed E-state index contributed by atoms with van der Waals surface area (Å²) >= 11 is 0. The van der Waals surface area contributed by atoms with Crippen LogP contribution in [0.1, 0.15) is 48.8 Å². The number of primary amides is 1. The molecule has 1 saturated heterocycles. The maximum atomic E-state index is 12.2. The summed E-state index contributed by atoms with van der Waals surface area (Å²) in [5.74, 6) is 0.200. The van der Waals surface area contributed by atoms with Crippen LogP contribution in [0.4, 0.5) is 4.39 Å². The first kappa shape index (κ1) is 20.8. The van der Waals surface area contributed by atoms with Gasteiger partial charge in [-0.05, 0) is 60.9 Å². The Labute approximate surface area is 178 Å². The summed E-state index contributed by atoms with van der Waals surface area (Å²) in [6.45, 7) is 0.403. The van der Waals surface area contributed by atoms with Crippen molar-refractivity contribution in [1.29, 1.82) is 0 Å². The second kappa shape index (κ2) is 9.13. The molecule has 2 aromatic carbocycles. The molecule has 30 heavy (non-hydrogen) atoms. The summed E-state index contributed by atoms with van der Waals surface area (Å²) in [6.07, 6.45) is 9.86. The molecule has 4 heteroatoms. The minimum atomic E-state index is -0.829. The number of carbonyl (C=O) groups excluding carboxylic acids is 1. The van der Waals surface area contributed by atoms with Crippen molar-refractivity contribution >= 4 is 12.0 Å². The van der Waals surface area contributed by atoms with Gasteiger partial charge in [0, 0.05) is 17.0 Å². The number of halogens is 1. The van der Waals surface area contributed by atoms with E-state index in [1.807, 2.05) is 18.2 Å². The zero-order valence-corrected chi connectivity index (χ0v) is 17.4. The van der Waals surface area contributed by atoms with Gasteiger partial charge in [-0.1, -0.05) is 67.4 Å². The molecular weight excluding hydrogens is 375 g/mol. The van der Waals surface area contributed by atoms with Crippen LogP contribution in [0.15, 0.2) is 60.2 Å². The van der Waals surface area contributed by atoms with E-state index in [4.69, 9.17) is 5.73 Å². The van der Waals surface area contributed by atoms with Crippen molar-refractivity contribution < 1.29 is 9.18 Å². The van der Waals surface area contributed by atoms with E-state index in [0.29, 0.717) is 5.41 Å². The monoisotopic (exact) mass is 406 g/mol. The fraction of sp³-hybridized carbons (Fsp3) is 0.423. The lowest BCUT2D eigenvalue weighted by Gasteiger charge is -2.56. The van der Waals surface area contributed by atoms with Crippen molar-refractivity contribution in [2.24, 2.45) is 11.7 Å². The summed E-state index contributed by atoms with van der Waals surface area (Å²) < 4.78 is 12.2. The van der Waals surface area contributed by atoms with Gasteiger partial charge < -0.3 is 11.1 Å². The second-order valence-electron chi connectivity index (χ2n) is 8.76. The number of nitrogens with one attached hydrogen (secondary N) is 1. The quantitative estimate of drug-likeness (QED) is 0.735. The molecule has 0 unspecified atom stereocenters. The summed E-state index contributed by atoms with van der Waals surface area (Å²) in [7, 11) is 0. The third-order valence-corrected chi connectivity index (χ3v) is 7.16. The number of nitrogens with two attached hydrogens (primary N) is 1. The lowest BCUT2D eigenvalue weighted by Crippen LogP contribution is -2.59. The molecule has 1 amide bonds. The molecule has 3 atom stereocenters. The predicted octanol–water partition coefficient (Wildman–Crippen LogP) is 4.56. The second-order valence-corrected chi connectivity index (χ2v) is 8.76. The summed E-state index contributed by atoms with van der Waals surface area (Å²) in [5, 5.41) is 3.79. The molecule has 0 spiro atoms. The molecule has 3 nitrogen and oxygen atoms in total. The molecular formula is C26H31FN2O. The van der Waals surface area contributed by atoms with Gasteiger partial charge in [-0.25, -0.2) is 4.39 Å². The van der Waals surface area contributed by atoms with Crippen molar-refractivity contribution in [3.63, 3.8) is 0 Å². The van der Waals surface area contributed by atoms with Gasteiger partial charge in [-0.15, -0.1) is 0 Å². The molecule has 2 fully saturated rings. The fourth-order valence-electron chi connectivity index (χ4n) is 5.82. The van der Waals surface area contributed by atoms with Gasteiger partial charge >= 0.3 is 0 Å². The Morgan fingerprint density at radius 3 is 2.63 bits per heavy atom. The highest BCUT2D eigenvalue weighted by atomic mass is 19.1. The molecule has 2 bridgehead atoms. The van der Waals surface area contributed by atoms with Crippen LogP contribution in [0, 0.1) is 5.92 Å². The van der Waals surface area contributed by atoms with E-state index in [-0.39, 0.29) is 5.57 Å². The van der Waals surface area contributed by atoms with Gasteiger partial charge in [0.15, 0.2) is 0 Å². The maximum Gasteiger partial charge on any atom is 0.247 e. The first-order valence-electron chi connectivity index (χ1n) is 11.1. The first-order chi connectivity index (χ1) is 14.6. The Bertz CT molecular complexity index is 906. The molecule has 1 heterocycles. The molecule has 0 radical (unpaired) electrons. The molecule has 1 aliphatic heterocycles. The Morgan fingerprint density at radius 1 is 1.10 bits per heavy atom. The normalized spacial score (nSPS) is 27.2. The minimum Gasteiger partial charge on any atom is -0.366 e. The van der Waals surface area contributed by atoms with E-state index in [9.17, 15) is 9.18 Å². The van der Waals surface area contributed by atoms with E-state index in [2.05, 4.69) is 29.6 Å². The number of alkyl halides is 1. The van der Waals surface area contributed by atoms with Crippen LogP contribution in [0.2, 0.25) is 0 Å². The summed E-state index contributed by atoms with van der Waals surface area (Å²) in [5.41, 5.74) is 9.59. The number of amides is 1. The number of hydrogen-bond acceptors (Lipinski definition) is 2. The largest absolute Gasteiger partial charge is 0.366 e. The first-order valence-corrected chi connectivity index (χ1v) is 11.1.